The van der Waals surface area contributed by atoms with Crippen molar-refractivity contribution in [3.63, 3.8) is 0 Å². The lowest BCUT2D eigenvalue weighted by atomic mass is 9.83. The molecule has 0 fully saturated rings. The quantitative estimate of drug-likeness (QED) is 0.629. The number of halogens is 1. The Bertz CT molecular complexity index is 551. The molecule has 0 amide bonds. The lowest BCUT2D eigenvalue weighted by molar-refractivity contribution is 0.334. The van der Waals surface area contributed by atoms with E-state index in [4.69, 9.17) is 0 Å². The number of hydrogen-bond acceptors (Lipinski definition) is 2. The number of thiophene rings is 1. The summed E-state index contributed by atoms with van der Waals surface area (Å²) in [6.07, 6.45) is 2.43. The monoisotopic (exact) mass is 353 g/mol. The van der Waals surface area contributed by atoms with Crippen molar-refractivity contribution in [2.24, 2.45) is 5.92 Å². The van der Waals surface area contributed by atoms with E-state index in [1.54, 1.807) is 5.57 Å². The van der Waals surface area contributed by atoms with Crippen molar-refractivity contribution < 1.29 is 0 Å². The number of rotatable bonds is 3. The van der Waals surface area contributed by atoms with Gasteiger partial charge in [0.25, 0.3) is 0 Å². The summed E-state index contributed by atoms with van der Waals surface area (Å²) in [7, 11) is 0. The first-order chi connectivity index (χ1) is 9.32. The molecule has 1 atom stereocenters. The highest BCUT2D eigenvalue weighted by Gasteiger charge is 2.29. The van der Waals surface area contributed by atoms with E-state index in [9.17, 15) is 0 Å². The average molecular weight is 354 g/mol. The predicted molar refractivity (Wildman–Crippen MR) is 93.0 cm³/mol. The smallest absolute Gasteiger partial charge is 0.0701 e. The molecule has 1 aliphatic rings. The van der Waals surface area contributed by atoms with Gasteiger partial charge in [-0.25, -0.2) is 0 Å². The molecular weight excluding hydrogens is 330 g/mol. The van der Waals surface area contributed by atoms with Crippen LogP contribution in [0.2, 0.25) is 0 Å². The van der Waals surface area contributed by atoms with Crippen molar-refractivity contribution in [2.75, 3.05) is 0 Å². The Kier molecular flexibility index (Phi) is 4.80. The maximum Gasteiger partial charge on any atom is 0.0701 e. The van der Waals surface area contributed by atoms with Crippen LogP contribution in [0.5, 0.6) is 0 Å². The van der Waals surface area contributed by atoms with E-state index in [1.165, 1.54) is 20.1 Å². The van der Waals surface area contributed by atoms with Gasteiger partial charge >= 0.3 is 0 Å². The van der Waals surface area contributed by atoms with Crippen LogP contribution in [0.3, 0.4) is 0 Å². The van der Waals surface area contributed by atoms with Crippen molar-refractivity contribution in [3.8, 4) is 0 Å². The molecule has 0 bridgehead atoms. The van der Waals surface area contributed by atoms with Crippen LogP contribution in [-0.2, 0) is 0 Å². The summed E-state index contributed by atoms with van der Waals surface area (Å²) in [6, 6.07) is 4.92. The molecule has 0 N–H and O–H groups in total. The molecule has 1 unspecified atom stereocenters. The third kappa shape index (κ3) is 2.89. The van der Waals surface area contributed by atoms with Gasteiger partial charge in [0.2, 0.25) is 0 Å². The van der Waals surface area contributed by atoms with E-state index in [0.29, 0.717) is 17.9 Å². The highest BCUT2D eigenvalue weighted by atomic mass is 79.9. The first-order valence-corrected chi connectivity index (χ1v) is 8.87. The Morgan fingerprint density at radius 2 is 1.80 bits per heavy atom. The second-order valence-corrected chi connectivity index (χ2v) is 8.58. The average Bonchev–Trinajstić information content (AvgIpc) is 2.73. The first kappa shape index (κ1) is 15.8. The Morgan fingerprint density at radius 1 is 1.15 bits per heavy atom. The second kappa shape index (κ2) is 6.07. The van der Waals surface area contributed by atoms with Crippen LogP contribution < -0.4 is 0 Å². The van der Waals surface area contributed by atoms with Gasteiger partial charge < -0.3 is 4.90 Å². The van der Waals surface area contributed by atoms with Gasteiger partial charge in [0, 0.05) is 28.2 Å². The van der Waals surface area contributed by atoms with Crippen molar-refractivity contribution in [1.29, 1.82) is 0 Å². The zero-order chi connectivity index (χ0) is 15.0. The molecule has 1 nitrogen and oxygen atoms in total. The summed E-state index contributed by atoms with van der Waals surface area (Å²) in [5.41, 5.74) is 4.36. The van der Waals surface area contributed by atoms with Gasteiger partial charge in [0.15, 0.2) is 0 Å². The van der Waals surface area contributed by atoms with Crippen LogP contribution in [0.25, 0.3) is 0 Å². The van der Waals surface area contributed by atoms with Gasteiger partial charge in [-0.3, -0.25) is 0 Å². The fraction of sp³-hybridized carbons (Fsp3) is 0.529. The molecule has 0 aliphatic carbocycles. The molecule has 20 heavy (non-hydrogen) atoms. The molecule has 0 radical (unpaired) electrons. The minimum absolute atomic E-state index is 0.432. The van der Waals surface area contributed by atoms with Crippen molar-refractivity contribution in [3.05, 3.63) is 43.8 Å². The summed E-state index contributed by atoms with van der Waals surface area (Å²) < 4.78 is 1.21. The van der Waals surface area contributed by atoms with Crippen LogP contribution in [0, 0.1) is 5.92 Å². The predicted octanol–water partition coefficient (Wildman–Crippen LogP) is 6.15. The molecule has 1 aromatic heterocycles. The molecule has 3 heteroatoms. The van der Waals surface area contributed by atoms with Crippen LogP contribution in [0.1, 0.15) is 52.3 Å². The van der Waals surface area contributed by atoms with Crippen LogP contribution in [-0.4, -0.2) is 10.9 Å². The van der Waals surface area contributed by atoms with Gasteiger partial charge in [-0.05, 0) is 67.2 Å². The third-order valence-electron chi connectivity index (χ3n) is 3.94. The number of nitrogens with zero attached hydrogens (tertiary/aromatic N) is 1. The molecule has 2 rings (SSSR count). The standard InChI is InChI=1S/C17H24BrNS/c1-10(2)17-13(6)19(11(3)4)12(5)9-14(17)15-7-8-16(18)20-15/h7-11,14H,1-6H3. The molecule has 0 spiro atoms. The molecule has 1 aliphatic heterocycles. The van der Waals surface area contributed by atoms with E-state index >= 15 is 0 Å². The first-order valence-electron chi connectivity index (χ1n) is 7.26. The summed E-state index contributed by atoms with van der Waals surface area (Å²) in [5.74, 6) is 0.993. The van der Waals surface area contributed by atoms with Gasteiger partial charge in [0.05, 0.1) is 3.79 Å². The van der Waals surface area contributed by atoms with Gasteiger partial charge in [0.1, 0.15) is 0 Å². The van der Waals surface area contributed by atoms with E-state index in [1.807, 2.05) is 11.3 Å². The molecule has 0 saturated carbocycles. The highest BCUT2D eigenvalue weighted by molar-refractivity contribution is 9.11. The van der Waals surface area contributed by atoms with Gasteiger partial charge in [-0.1, -0.05) is 19.9 Å². The molecule has 0 aromatic carbocycles. The minimum Gasteiger partial charge on any atom is -0.347 e. The fourth-order valence-corrected chi connectivity index (χ4v) is 4.85. The zero-order valence-electron chi connectivity index (χ0n) is 13.2. The Balaban J connectivity index is 2.52. The van der Waals surface area contributed by atoms with Crippen LogP contribution >= 0.6 is 27.3 Å². The summed E-state index contributed by atoms with van der Waals surface area (Å²) in [6.45, 7) is 13.7. The van der Waals surface area contributed by atoms with Crippen molar-refractivity contribution >= 4 is 27.3 Å². The SMILES string of the molecule is CC1=CC(c2ccc(Br)s2)C(C(C)C)=C(C)N1C(C)C. The Morgan fingerprint density at radius 3 is 2.25 bits per heavy atom. The topological polar surface area (TPSA) is 3.24 Å². The number of hydrogen-bond donors (Lipinski definition) is 0. The van der Waals surface area contributed by atoms with Crippen LogP contribution in [0.4, 0.5) is 0 Å². The van der Waals surface area contributed by atoms with Crippen molar-refractivity contribution in [2.45, 2.75) is 53.5 Å². The zero-order valence-corrected chi connectivity index (χ0v) is 15.6. The largest absolute Gasteiger partial charge is 0.347 e. The molecule has 1 aromatic rings. The molecule has 2 heterocycles. The van der Waals surface area contributed by atoms with Crippen LogP contribution in [0.15, 0.2) is 39.0 Å². The lowest BCUT2D eigenvalue weighted by Crippen LogP contribution is -2.33. The normalized spacial score (nSPS) is 20.1. The maximum atomic E-state index is 3.59. The van der Waals surface area contributed by atoms with Gasteiger partial charge in [-0.15, -0.1) is 11.3 Å². The number of allylic oxidation sites excluding steroid dienone is 4. The lowest BCUT2D eigenvalue weighted by Gasteiger charge is -2.39. The summed E-state index contributed by atoms with van der Waals surface area (Å²) >= 11 is 5.44. The molecular formula is C17H24BrNS. The second-order valence-electron chi connectivity index (χ2n) is 6.09. The van der Waals surface area contributed by atoms with E-state index in [0.717, 1.165) is 0 Å². The minimum atomic E-state index is 0.432. The van der Waals surface area contributed by atoms with E-state index in [2.05, 4.69) is 80.6 Å². The summed E-state index contributed by atoms with van der Waals surface area (Å²) in [5, 5.41) is 0. The van der Waals surface area contributed by atoms with E-state index in [-0.39, 0.29) is 0 Å². The Labute approximate surface area is 135 Å². The van der Waals surface area contributed by atoms with Crippen molar-refractivity contribution in [1.82, 2.24) is 4.90 Å². The maximum absolute atomic E-state index is 3.59. The Hall–Kier alpha value is -0.540. The third-order valence-corrected chi connectivity index (χ3v) is 5.65. The summed E-state index contributed by atoms with van der Waals surface area (Å²) in [4.78, 5) is 3.90. The molecule has 110 valence electrons. The fourth-order valence-electron chi connectivity index (χ4n) is 3.34. The van der Waals surface area contributed by atoms with E-state index < -0.39 is 0 Å². The van der Waals surface area contributed by atoms with Gasteiger partial charge in [-0.2, -0.15) is 0 Å². The highest BCUT2D eigenvalue weighted by Crippen LogP contribution is 2.43. The molecule has 0 saturated heterocycles.